The summed E-state index contributed by atoms with van der Waals surface area (Å²) >= 11 is 0. The predicted octanol–water partition coefficient (Wildman–Crippen LogP) is 4.85. The largest absolute Gasteiger partial charge is 0.338 e. The Hall–Kier alpha value is -3.76. The quantitative estimate of drug-likeness (QED) is 0.291. The number of carbonyl (C=O) groups excluding carboxylic acids is 2. The van der Waals surface area contributed by atoms with Crippen molar-refractivity contribution in [3.63, 3.8) is 0 Å². The summed E-state index contributed by atoms with van der Waals surface area (Å²) in [6, 6.07) is 8.75. The summed E-state index contributed by atoms with van der Waals surface area (Å²) in [7, 11) is 0. The number of nitrogens with two attached hydrogens (primary N) is 2. The highest BCUT2D eigenvalue weighted by atomic mass is 19.1. The molecule has 0 radical (unpaired) electrons. The lowest BCUT2D eigenvalue weighted by atomic mass is 9.94. The molecule has 4 aliphatic rings. The van der Waals surface area contributed by atoms with Crippen LogP contribution >= 0.6 is 0 Å². The van der Waals surface area contributed by atoms with Crippen molar-refractivity contribution in [2.24, 2.45) is 11.5 Å². The van der Waals surface area contributed by atoms with E-state index in [0.717, 1.165) is 82.8 Å². The first-order valence-corrected chi connectivity index (χ1v) is 17.0. The minimum absolute atomic E-state index is 0.0187. The molecule has 4 N–H and O–H groups in total. The smallest absolute Gasteiger partial charge is 0.239 e. The van der Waals surface area contributed by atoms with Gasteiger partial charge in [-0.2, -0.15) is 0 Å². The second-order valence-corrected chi connectivity index (χ2v) is 13.8. The second kappa shape index (κ2) is 11.5. The van der Waals surface area contributed by atoms with E-state index in [9.17, 15) is 18.4 Å². The van der Waals surface area contributed by atoms with Gasteiger partial charge in [0.15, 0.2) is 0 Å². The van der Waals surface area contributed by atoms with Crippen molar-refractivity contribution in [2.45, 2.75) is 101 Å². The molecule has 0 spiro atoms. The van der Waals surface area contributed by atoms with Gasteiger partial charge in [0, 0.05) is 49.0 Å². The van der Waals surface area contributed by atoms with Gasteiger partial charge < -0.3 is 30.4 Å². The predicted molar refractivity (Wildman–Crippen MR) is 174 cm³/mol. The number of hydrogen-bond acceptors (Lipinski definition) is 4. The fraction of sp³-hybridized carbons (Fsp3) is 0.500. The van der Waals surface area contributed by atoms with Crippen molar-refractivity contribution >= 4 is 33.6 Å². The van der Waals surface area contributed by atoms with E-state index in [1.54, 1.807) is 12.1 Å². The fourth-order valence-corrected chi connectivity index (χ4v) is 8.96. The maximum absolute atomic E-state index is 14.8. The molecule has 2 aromatic carbocycles. The number of amides is 2. The topological polar surface area (TPSA) is 103 Å². The summed E-state index contributed by atoms with van der Waals surface area (Å²) in [6.45, 7) is 2.56. The molecule has 0 bridgehead atoms. The highest BCUT2D eigenvalue weighted by molar-refractivity contribution is 5.98. The highest BCUT2D eigenvalue weighted by Gasteiger charge is 2.38. The van der Waals surface area contributed by atoms with Crippen LogP contribution in [0.15, 0.2) is 36.4 Å². The van der Waals surface area contributed by atoms with Gasteiger partial charge >= 0.3 is 0 Å². The van der Waals surface area contributed by atoms with Gasteiger partial charge in [-0.1, -0.05) is 12.8 Å². The molecule has 2 aromatic heterocycles. The number of aromatic nitrogens is 2. The SMILES string of the molecule is N[C@H]1CCCC[C@H](N)C(=O)N2CCC[C@H]2Cc2c3n(c4cc(F)ccc24)CCn2c-3c(c3ccc(F)cc32)CC2CCCN2C1=O. The average Bonchev–Trinajstić information content (AvgIpc) is 3.83. The minimum atomic E-state index is -0.604. The molecule has 46 heavy (non-hydrogen) atoms. The number of fused-ring (bicyclic) bond motifs is 8. The first-order valence-electron chi connectivity index (χ1n) is 17.0. The molecule has 10 heteroatoms. The molecule has 242 valence electrons. The molecule has 4 aromatic rings. The summed E-state index contributed by atoms with van der Waals surface area (Å²) < 4.78 is 34.1. The fourth-order valence-electron chi connectivity index (χ4n) is 8.96. The van der Waals surface area contributed by atoms with Gasteiger partial charge in [-0.15, -0.1) is 0 Å². The van der Waals surface area contributed by atoms with E-state index in [2.05, 4.69) is 9.13 Å². The van der Waals surface area contributed by atoms with Crippen molar-refractivity contribution < 1.29 is 18.4 Å². The van der Waals surface area contributed by atoms with E-state index in [-0.39, 0.29) is 35.5 Å². The van der Waals surface area contributed by atoms with Crippen molar-refractivity contribution in [1.29, 1.82) is 0 Å². The lowest BCUT2D eigenvalue weighted by Crippen LogP contribution is -2.47. The Morgan fingerprint density at radius 3 is 1.46 bits per heavy atom. The lowest BCUT2D eigenvalue weighted by Gasteiger charge is -2.30. The Balaban J connectivity index is 1.35. The summed E-state index contributed by atoms with van der Waals surface area (Å²) in [5, 5.41) is 1.96. The van der Waals surface area contributed by atoms with E-state index >= 15 is 0 Å². The van der Waals surface area contributed by atoms with E-state index in [1.165, 1.54) is 12.1 Å². The Bertz CT molecular complexity index is 1730. The number of halogens is 2. The van der Waals surface area contributed by atoms with Crippen LogP contribution in [0.4, 0.5) is 8.78 Å². The lowest BCUT2D eigenvalue weighted by molar-refractivity contribution is -0.134. The third-order valence-corrected chi connectivity index (χ3v) is 11.1. The average molecular weight is 629 g/mol. The molecule has 2 saturated heterocycles. The zero-order valence-corrected chi connectivity index (χ0v) is 26.2. The van der Waals surface area contributed by atoms with E-state index in [0.29, 0.717) is 51.9 Å². The molecule has 4 atom stereocenters. The normalized spacial score (nSPS) is 25.9. The van der Waals surface area contributed by atoms with Gasteiger partial charge in [0.05, 0.1) is 34.5 Å². The maximum Gasteiger partial charge on any atom is 0.239 e. The highest BCUT2D eigenvalue weighted by Crippen LogP contribution is 2.45. The molecule has 4 aliphatic heterocycles. The maximum atomic E-state index is 14.8. The number of carbonyl (C=O) groups is 2. The number of aryl methyl sites for hydroxylation is 2. The van der Waals surface area contributed by atoms with Crippen molar-refractivity contribution in [1.82, 2.24) is 18.9 Å². The monoisotopic (exact) mass is 628 g/mol. The Morgan fingerprint density at radius 1 is 0.587 bits per heavy atom. The summed E-state index contributed by atoms with van der Waals surface area (Å²) in [5.41, 5.74) is 18.8. The van der Waals surface area contributed by atoms with Gasteiger partial charge in [0.1, 0.15) is 11.6 Å². The number of hydrogen-bond donors (Lipinski definition) is 2. The van der Waals surface area contributed by atoms with Crippen LogP contribution in [-0.2, 0) is 35.5 Å². The molecule has 0 aliphatic carbocycles. The Labute approximate surface area is 267 Å². The Morgan fingerprint density at radius 2 is 1.02 bits per heavy atom. The van der Waals surface area contributed by atoms with Crippen LogP contribution in [0.2, 0.25) is 0 Å². The van der Waals surface area contributed by atoms with Crippen molar-refractivity contribution in [3.05, 3.63) is 59.2 Å². The molecule has 2 fully saturated rings. The zero-order valence-electron chi connectivity index (χ0n) is 26.2. The molecule has 6 heterocycles. The second-order valence-electron chi connectivity index (χ2n) is 13.8. The first-order chi connectivity index (χ1) is 22.3. The van der Waals surface area contributed by atoms with Crippen LogP contribution in [0.25, 0.3) is 33.2 Å². The number of nitrogens with zero attached hydrogens (tertiary/aromatic N) is 4. The van der Waals surface area contributed by atoms with Crippen LogP contribution in [0, 0.1) is 11.6 Å². The molecule has 8 rings (SSSR count). The van der Waals surface area contributed by atoms with Gasteiger partial charge in [-0.05, 0) is 98.9 Å². The molecule has 2 amide bonds. The van der Waals surface area contributed by atoms with E-state index in [4.69, 9.17) is 11.5 Å². The van der Waals surface area contributed by atoms with Crippen LogP contribution < -0.4 is 11.5 Å². The Kier molecular flexibility index (Phi) is 7.40. The molecule has 1 unspecified atom stereocenters. The summed E-state index contributed by atoms with van der Waals surface area (Å²) in [5.74, 6) is -0.646. The third-order valence-electron chi connectivity index (χ3n) is 11.1. The van der Waals surface area contributed by atoms with Crippen molar-refractivity contribution in [2.75, 3.05) is 13.1 Å². The minimum Gasteiger partial charge on any atom is -0.338 e. The standard InChI is InChI=1S/C36H42F2N6O2/c37-21-9-11-25-27-19-23-5-3-13-41(23)35(45)29(39)7-1-2-8-30(40)36(46)42-14-4-6-24(42)20-28-26-12-10-22(38)18-32(26)44-16-15-43(31(25)17-21)33(27)34(28)44/h9-12,17-18,23-24,29-30H,1-8,13-16,19-20,39-40H2/t23-,24?,29-,30-/m0/s1. The first kappa shape index (κ1) is 29.6. The summed E-state index contributed by atoms with van der Waals surface area (Å²) in [6.07, 6.45) is 7.40. The van der Waals surface area contributed by atoms with Crippen molar-refractivity contribution in [3.8, 4) is 11.4 Å². The molecular formula is C36H42F2N6O2. The molecule has 8 nitrogen and oxygen atoms in total. The molecule has 0 saturated carbocycles. The molecular weight excluding hydrogens is 586 g/mol. The van der Waals surface area contributed by atoms with Crippen LogP contribution in [0.5, 0.6) is 0 Å². The van der Waals surface area contributed by atoms with E-state index in [1.807, 2.05) is 21.9 Å². The van der Waals surface area contributed by atoms with Gasteiger partial charge in [0.2, 0.25) is 11.8 Å². The van der Waals surface area contributed by atoms with E-state index < -0.39 is 12.1 Å². The van der Waals surface area contributed by atoms with Gasteiger partial charge in [0.25, 0.3) is 0 Å². The van der Waals surface area contributed by atoms with Crippen LogP contribution in [-0.4, -0.2) is 68.0 Å². The number of rotatable bonds is 0. The zero-order chi connectivity index (χ0) is 31.7. The van der Waals surface area contributed by atoms with Crippen LogP contribution in [0.1, 0.15) is 62.5 Å². The summed E-state index contributed by atoms with van der Waals surface area (Å²) in [4.78, 5) is 31.4. The van der Waals surface area contributed by atoms with Crippen LogP contribution in [0.3, 0.4) is 0 Å². The number of benzene rings is 2. The van der Waals surface area contributed by atoms with Gasteiger partial charge in [-0.3, -0.25) is 9.59 Å². The van der Waals surface area contributed by atoms with Gasteiger partial charge in [-0.25, -0.2) is 8.78 Å². The third kappa shape index (κ3) is 4.75.